The Kier molecular flexibility index (Phi) is 6.69. The van der Waals surface area contributed by atoms with E-state index >= 15 is 0 Å². The zero-order valence-electron chi connectivity index (χ0n) is 21.4. The number of allylic oxidation sites excluding steroid dienone is 1. The fourth-order valence-corrected chi connectivity index (χ4v) is 8.73. The molecule has 0 heterocycles. The number of ketones is 1. The van der Waals surface area contributed by atoms with Gasteiger partial charge in [-0.25, -0.2) is 0 Å². The Morgan fingerprint density at radius 3 is 2.50 bits per heavy atom. The molecule has 3 fully saturated rings. The largest absolute Gasteiger partial charge is 0.462 e. The molecule has 32 heavy (non-hydrogen) atoms. The van der Waals surface area contributed by atoms with Crippen molar-refractivity contribution in [3.8, 4) is 0 Å². The molecule has 4 rings (SSSR count). The van der Waals surface area contributed by atoms with Crippen molar-refractivity contribution in [3.63, 3.8) is 0 Å². The number of fused-ring (bicyclic) bond motifs is 5. The summed E-state index contributed by atoms with van der Waals surface area (Å²) in [6.07, 6.45) is 13.7. The molecule has 180 valence electrons. The van der Waals surface area contributed by atoms with E-state index in [0.717, 1.165) is 37.0 Å². The van der Waals surface area contributed by atoms with E-state index in [4.69, 9.17) is 4.74 Å². The van der Waals surface area contributed by atoms with Gasteiger partial charge in [0.25, 0.3) is 0 Å². The fourth-order valence-electron chi connectivity index (χ4n) is 8.73. The summed E-state index contributed by atoms with van der Waals surface area (Å²) in [6, 6.07) is 0. The van der Waals surface area contributed by atoms with Crippen molar-refractivity contribution in [2.24, 2.45) is 46.3 Å². The predicted molar refractivity (Wildman–Crippen MR) is 129 cm³/mol. The molecule has 0 aromatic rings. The maximum Gasteiger partial charge on any atom is 0.302 e. The van der Waals surface area contributed by atoms with Gasteiger partial charge in [0.2, 0.25) is 0 Å². The van der Waals surface area contributed by atoms with E-state index < -0.39 is 0 Å². The average molecular weight is 443 g/mol. The number of carbonyl (C=O) groups excluding carboxylic acids is 2. The zero-order valence-corrected chi connectivity index (χ0v) is 21.4. The molecule has 0 aliphatic heterocycles. The highest BCUT2D eigenvalue weighted by Gasteiger charge is 2.61. The van der Waals surface area contributed by atoms with Gasteiger partial charge in [0, 0.05) is 19.3 Å². The van der Waals surface area contributed by atoms with Crippen LogP contribution in [0.3, 0.4) is 0 Å². The summed E-state index contributed by atoms with van der Waals surface area (Å²) in [5, 5.41) is 0. The molecule has 4 aliphatic carbocycles. The Bertz CT molecular complexity index is 766. The van der Waals surface area contributed by atoms with Gasteiger partial charge in [0.15, 0.2) is 5.78 Å². The van der Waals surface area contributed by atoms with Crippen LogP contribution >= 0.6 is 0 Å². The van der Waals surface area contributed by atoms with Gasteiger partial charge in [-0.05, 0) is 85.0 Å². The molecule has 4 aliphatic rings. The Balaban J connectivity index is 1.52. The first-order valence-electron chi connectivity index (χ1n) is 13.5. The lowest BCUT2D eigenvalue weighted by Crippen LogP contribution is -2.53. The van der Waals surface area contributed by atoms with Gasteiger partial charge in [-0.15, -0.1) is 0 Å². The third kappa shape index (κ3) is 4.11. The average Bonchev–Trinajstić information content (AvgIpc) is 3.05. The topological polar surface area (TPSA) is 43.4 Å². The maximum atomic E-state index is 13.6. The monoisotopic (exact) mass is 442 g/mol. The van der Waals surface area contributed by atoms with Gasteiger partial charge in [-0.2, -0.15) is 0 Å². The Morgan fingerprint density at radius 1 is 1.06 bits per heavy atom. The first-order valence-corrected chi connectivity index (χ1v) is 13.5. The van der Waals surface area contributed by atoms with E-state index in [1.165, 1.54) is 57.4 Å². The van der Waals surface area contributed by atoms with E-state index in [2.05, 4.69) is 34.6 Å². The van der Waals surface area contributed by atoms with Crippen LogP contribution in [0, 0.1) is 46.3 Å². The van der Waals surface area contributed by atoms with Crippen molar-refractivity contribution in [1.29, 1.82) is 0 Å². The standard InChI is InChI=1S/C29H46O3/c1-18(2)8-7-9-19(3)23-10-11-24-27-25(13-15-29(23,24)6)28(5)14-12-22(32-20(4)30)16-21(28)17-26(27)31/h17-19,22-25,27H,7-16H2,1-6H3/t19?,22?,23?,24?,25?,27?,28-,29+/m0/s1. The molecule has 0 N–H and O–H groups in total. The molecule has 3 nitrogen and oxygen atoms in total. The number of carbonyl (C=O) groups is 2. The second-order valence-electron chi connectivity index (χ2n) is 12.7. The van der Waals surface area contributed by atoms with Crippen LogP contribution in [0.1, 0.15) is 106 Å². The number of esters is 1. The highest BCUT2D eigenvalue weighted by molar-refractivity contribution is 5.94. The lowest BCUT2D eigenvalue weighted by molar-refractivity contribution is -0.149. The van der Waals surface area contributed by atoms with Crippen LogP contribution in [0.5, 0.6) is 0 Å². The highest BCUT2D eigenvalue weighted by atomic mass is 16.5. The van der Waals surface area contributed by atoms with Crippen LogP contribution in [-0.2, 0) is 14.3 Å². The van der Waals surface area contributed by atoms with Crippen molar-refractivity contribution < 1.29 is 14.3 Å². The summed E-state index contributed by atoms with van der Waals surface area (Å²) in [6.45, 7) is 13.6. The van der Waals surface area contributed by atoms with Gasteiger partial charge < -0.3 is 4.74 Å². The first-order chi connectivity index (χ1) is 15.1. The van der Waals surface area contributed by atoms with Crippen LogP contribution in [0.25, 0.3) is 0 Å². The summed E-state index contributed by atoms with van der Waals surface area (Å²) in [4.78, 5) is 25.1. The second kappa shape index (κ2) is 8.91. The van der Waals surface area contributed by atoms with Crippen molar-refractivity contribution in [3.05, 3.63) is 11.6 Å². The molecule has 8 atom stereocenters. The van der Waals surface area contributed by atoms with Crippen LogP contribution in [0.15, 0.2) is 11.6 Å². The van der Waals surface area contributed by atoms with Crippen LogP contribution in [0.4, 0.5) is 0 Å². The Morgan fingerprint density at radius 2 is 1.81 bits per heavy atom. The quantitative estimate of drug-likeness (QED) is 0.411. The van der Waals surface area contributed by atoms with E-state index in [9.17, 15) is 9.59 Å². The predicted octanol–water partition coefficient (Wildman–Crippen LogP) is 7.14. The summed E-state index contributed by atoms with van der Waals surface area (Å²) in [5.41, 5.74) is 1.70. The molecular formula is C29H46O3. The van der Waals surface area contributed by atoms with Crippen molar-refractivity contribution in [2.45, 2.75) is 112 Å². The summed E-state index contributed by atoms with van der Waals surface area (Å²) in [7, 11) is 0. The molecule has 0 aromatic heterocycles. The van der Waals surface area contributed by atoms with E-state index in [-0.39, 0.29) is 23.4 Å². The number of rotatable bonds is 6. The molecule has 0 radical (unpaired) electrons. The van der Waals surface area contributed by atoms with Crippen molar-refractivity contribution in [2.75, 3.05) is 0 Å². The van der Waals surface area contributed by atoms with Gasteiger partial charge >= 0.3 is 5.97 Å². The minimum absolute atomic E-state index is 0.0485. The van der Waals surface area contributed by atoms with Crippen LogP contribution in [0.2, 0.25) is 0 Å². The van der Waals surface area contributed by atoms with Gasteiger partial charge in [-0.3, -0.25) is 9.59 Å². The molecule has 0 saturated heterocycles. The molecule has 6 unspecified atom stereocenters. The number of ether oxygens (including phenoxy) is 1. The third-order valence-corrected chi connectivity index (χ3v) is 10.4. The Labute approximate surface area is 196 Å². The van der Waals surface area contributed by atoms with E-state index in [1.54, 1.807) is 0 Å². The van der Waals surface area contributed by atoms with Crippen molar-refractivity contribution in [1.82, 2.24) is 0 Å². The number of hydrogen-bond donors (Lipinski definition) is 0. The molecular weight excluding hydrogens is 396 g/mol. The third-order valence-electron chi connectivity index (χ3n) is 10.4. The lowest BCUT2D eigenvalue weighted by Gasteiger charge is -2.57. The molecule has 3 heteroatoms. The SMILES string of the molecule is CC(=O)OC1CC[C@@]2(C)C(=CC(=O)C3C4CCC(C(C)CCCC(C)C)[C@@]4(C)CCC32)C1. The minimum atomic E-state index is -0.202. The molecule has 0 spiro atoms. The second-order valence-corrected chi connectivity index (χ2v) is 12.7. The van der Waals surface area contributed by atoms with E-state index in [1.807, 2.05) is 6.08 Å². The summed E-state index contributed by atoms with van der Waals surface area (Å²) in [5.74, 6) is 3.74. The lowest BCUT2D eigenvalue weighted by atomic mass is 9.46. The zero-order chi connectivity index (χ0) is 23.3. The molecule has 0 aromatic carbocycles. The number of hydrogen-bond acceptors (Lipinski definition) is 3. The summed E-state index contributed by atoms with van der Waals surface area (Å²) < 4.78 is 5.54. The normalized spacial score (nSPS) is 42.0. The van der Waals surface area contributed by atoms with Gasteiger partial charge in [0.05, 0.1) is 0 Å². The molecule has 0 amide bonds. The van der Waals surface area contributed by atoms with Crippen molar-refractivity contribution >= 4 is 11.8 Å². The summed E-state index contributed by atoms with van der Waals surface area (Å²) >= 11 is 0. The smallest absolute Gasteiger partial charge is 0.302 e. The minimum Gasteiger partial charge on any atom is -0.462 e. The van der Waals surface area contributed by atoms with Crippen LogP contribution in [-0.4, -0.2) is 17.9 Å². The van der Waals surface area contributed by atoms with E-state index in [0.29, 0.717) is 23.0 Å². The highest BCUT2D eigenvalue weighted by Crippen LogP contribution is 2.66. The Hall–Kier alpha value is -1.12. The first kappa shape index (κ1) is 24.0. The fraction of sp³-hybridized carbons (Fsp3) is 0.862. The maximum absolute atomic E-state index is 13.6. The van der Waals surface area contributed by atoms with Gasteiger partial charge in [0.1, 0.15) is 6.10 Å². The van der Waals surface area contributed by atoms with Crippen LogP contribution < -0.4 is 0 Å². The molecule has 0 bridgehead atoms. The molecule has 3 saturated carbocycles. The van der Waals surface area contributed by atoms with Gasteiger partial charge in [-0.1, -0.05) is 59.5 Å².